The van der Waals surface area contributed by atoms with Gasteiger partial charge in [0.1, 0.15) is 6.54 Å². The van der Waals surface area contributed by atoms with Gasteiger partial charge in [0.15, 0.2) is 5.78 Å². The fourth-order valence-electron chi connectivity index (χ4n) is 4.60. The van der Waals surface area contributed by atoms with Crippen LogP contribution in [0.25, 0.3) is 0 Å². The van der Waals surface area contributed by atoms with E-state index < -0.39 is 0 Å². The van der Waals surface area contributed by atoms with E-state index >= 15 is 0 Å². The highest BCUT2D eigenvalue weighted by Crippen LogP contribution is 2.45. The zero-order valence-electron chi connectivity index (χ0n) is 17.2. The summed E-state index contributed by atoms with van der Waals surface area (Å²) in [6.45, 7) is 1.08. The molecule has 5 nitrogen and oxygen atoms in total. The van der Waals surface area contributed by atoms with Gasteiger partial charge in [-0.15, -0.1) is 0 Å². The topological polar surface area (TPSA) is 57.6 Å². The predicted molar refractivity (Wildman–Crippen MR) is 119 cm³/mol. The molecular formula is C25H24N4O. The molecule has 0 radical (unpaired) electrons. The molecule has 2 atom stereocenters. The first-order chi connectivity index (χ1) is 14.6. The summed E-state index contributed by atoms with van der Waals surface area (Å²) < 4.78 is 0. The summed E-state index contributed by atoms with van der Waals surface area (Å²) in [5.41, 5.74) is 7.25. The summed E-state index contributed by atoms with van der Waals surface area (Å²) in [5, 5.41) is 3.70. The van der Waals surface area contributed by atoms with E-state index in [1.807, 2.05) is 30.5 Å². The molecule has 0 aliphatic carbocycles. The van der Waals surface area contributed by atoms with E-state index in [0.717, 1.165) is 34.6 Å². The van der Waals surface area contributed by atoms with Crippen LogP contribution in [0.15, 0.2) is 72.0 Å². The Morgan fingerprint density at radius 2 is 1.90 bits per heavy atom. The highest BCUT2D eigenvalue weighted by atomic mass is 16.1. The van der Waals surface area contributed by atoms with E-state index in [1.54, 1.807) is 6.20 Å². The first kappa shape index (κ1) is 18.7. The number of nitrogens with one attached hydrogen (secondary N) is 1. The quantitative estimate of drug-likeness (QED) is 0.722. The number of anilines is 1. The van der Waals surface area contributed by atoms with Gasteiger partial charge in [-0.05, 0) is 42.9 Å². The molecule has 30 heavy (non-hydrogen) atoms. The lowest BCUT2D eigenvalue weighted by Crippen LogP contribution is -2.36. The molecule has 2 unspecified atom stereocenters. The minimum Gasteiger partial charge on any atom is -0.377 e. The number of Topliss-reactive ketones (excluding diaryl/α,β-unsaturated/α-hetero) is 1. The molecule has 0 saturated heterocycles. The van der Waals surface area contributed by atoms with E-state index in [-0.39, 0.29) is 24.3 Å². The largest absolute Gasteiger partial charge is 0.377 e. The van der Waals surface area contributed by atoms with Gasteiger partial charge in [-0.2, -0.15) is 0 Å². The molecule has 0 saturated carbocycles. The van der Waals surface area contributed by atoms with Crippen LogP contribution >= 0.6 is 0 Å². The number of nitrogens with zero attached hydrogens (tertiary/aromatic N) is 3. The summed E-state index contributed by atoms with van der Waals surface area (Å²) in [6.07, 6.45) is 3.71. The molecule has 3 heterocycles. The van der Waals surface area contributed by atoms with Gasteiger partial charge >= 0.3 is 0 Å². The van der Waals surface area contributed by atoms with Crippen molar-refractivity contribution < 1.29 is 4.79 Å². The van der Waals surface area contributed by atoms with Crippen molar-refractivity contribution in [1.29, 1.82) is 0 Å². The van der Waals surface area contributed by atoms with Crippen LogP contribution in [-0.4, -0.2) is 42.0 Å². The molecule has 0 amide bonds. The Hall–Kier alpha value is -3.31. The SMILES string of the molecule is CN(C)Cc1cccc(C2C3=NCC(=O)c4cccc(c43)NC2c2cccnc2)c1. The molecular weight excluding hydrogens is 372 g/mol. The summed E-state index contributed by atoms with van der Waals surface area (Å²) in [7, 11) is 4.15. The molecule has 150 valence electrons. The number of rotatable bonds is 4. The Morgan fingerprint density at radius 1 is 1.07 bits per heavy atom. The molecule has 0 fully saturated rings. The minimum absolute atomic E-state index is 0.00179. The molecule has 5 rings (SSSR count). The third kappa shape index (κ3) is 3.21. The predicted octanol–water partition coefficient (Wildman–Crippen LogP) is 4.08. The van der Waals surface area contributed by atoms with Crippen LogP contribution in [0.4, 0.5) is 5.69 Å². The summed E-state index contributed by atoms with van der Waals surface area (Å²) in [5.74, 6) is 0.0791. The van der Waals surface area contributed by atoms with Gasteiger partial charge < -0.3 is 10.2 Å². The average molecular weight is 396 g/mol. The highest BCUT2D eigenvalue weighted by Gasteiger charge is 2.39. The minimum atomic E-state index is -0.0111. The number of pyridine rings is 1. The molecule has 0 spiro atoms. The number of carbonyl (C=O) groups is 1. The second kappa shape index (κ2) is 7.50. The van der Waals surface area contributed by atoms with E-state index in [9.17, 15) is 4.79 Å². The summed E-state index contributed by atoms with van der Waals surface area (Å²) in [6, 6.07) is 18.7. The van der Waals surface area contributed by atoms with Crippen LogP contribution in [0, 0.1) is 0 Å². The van der Waals surface area contributed by atoms with E-state index in [0.29, 0.717) is 0 Å². The second-order valence-electron chi connectivity index (χ2n) is 8.22. The van der Waals surface area contributed by atoms with E-state index in [2.05, 4.69) is 59.6 Å². The van der Waals surface area contributed by atoms with Gasteiger partial charge in [0, 0.05) is 35.8 Å². The monoisotopic (exact) mass is 396 g/mol. The van der Waals surface area contributed by atoms with Gasteiger partial charge in [-0.25, -0.2) is 0 Å². The number of aromatic nitrogens is 1. The average Bonchev–Trinajstić information content (AvgIpc) is 2.76. The van der Waals surface area contributed by atoms with Crippen molar-refractivity contribution in [3.8, 4) is 0 Å². The van der Waals surface area contributed by atoms with Gasteiger partial charge in [-0.1, -0.05) is 42.5 Å². The first-order valence-corrected chi connectivity index (χ1v) is 10.2. The normalized spacial score (nSPS) is 19.8. The number of ketones is 1. The fraction of sp³-hybridized carbons (Fsp3) is 0.240. The first-order valence-electron chi connectivity index (χ1n) is 10.2. The Bertz CT molecular complexity index is 1140. The molecule has 0 bridgehead atoms. The second-order valence-corrected chi connectivity index (χ2v) is 8.22. The van der Waals surface area contributed by atoms with Crippen LogP contribution in [0.2, 0.25) is 0 Å². The van der Waals surface area contributed by atoms with Crippen molar-refractivity contribution in [1.82, 2.24) is 9.88 Å². The Kier molecular flexibility index (Phi) is 4.68. The molecule has 1 aromatic heterocycles. The lowest BCUT2D eigenvalue weighted by Gasteiger charge is -2.38. The Balaban J connectivity index is 1.69. The van der Waals surface area contributed by atoms with Gasteiger partial charge in [-0.3, -0.25) is 14.8 Å². The van der Waals surface area contributed by atoms with Crippen LogP contribution in [0.1, 0.15) is 44.6 Å². The molecule has 1 N–H and O–H groups in total. The van der Waals surface area contributed by atoms with Crippen LogP contribution in [0.3, 0.4) is 0 Å². The molecule has 2 aliphatic rings. The van der Waals surface area contributed by atoms with Crippen molar-refractivity contribution in [2.45, 2.75) is 18.5 Å². The molecule has 2 aromatic carbocycles. The highest BCUT2D eigenvalue weighted by molar-refractivity contribution is 6.21. The van der Waals surface area contributed by atoms with Gasteiger partial charge in [0.25, 0.3) is 0 Å². The van der Waals surface area contributed by atoms with Crippen molar-refractivity contribution in [3.05, 3.63) is 94.8 Å². The third-order valence-electron chi connectivity index (χ3n) is 5.81. The van der Waals surface area contributed by atoms with Crippen LogP contribution in [-0.2, 0) is 6.54 Å². The maximum absolute atomic E-state index is 12.5. The van der Waals surface area contributed by atoms with Gasteiger partial charge in [0.05, 0.1) is 17.7 Å². The third-order valence-corrected chi connectivity index (χ3v) is 5.81. The number of carbonyl (C=O) groups excluding carboxylic acids is 1. The van der Waals surface area contributed by atoms with Crippen molar-refractivity contribution in [3.63, 3.8) is 0 Å². The van der Waals surface area contributed by atoms with E-state index in [4.69, 9.17) is 4.99 Å². The van der Waals surface area contributed by atoms with Gasteiger partial charge in [0.2, 0.25) is 0 Å². The number of hydrogen-bond acceptors (Lipinski definition) is 5. The van der Waals surface area contributed by atoms with Crippen LogP contribution < -0.4 is 5.32 Å². The van der Waals surface area contributed by atoms with E-state index in [1.165, 1.54) is 11.1 Å². The number of hydrogen-bond donors (Lipinski definition) is 1. The standard InChI is InChI=1S/C25H24N4O/c1-29(2)15-16-6-3-7-17(12-16)22-24(18-8-5-11-26-13-18)28-20-10-4-9-19-21(30)14-27-25(22)23(19)20/h3-13,22,24,28H,14-15H2,1-2H3. The Labute approximate surface area is 176 Å². The molecule has 2 aliphatic heterocycles. The number of aliphatic imine (C=N–C) groups is 1. The zero-order chi connectivity index (χ0) is 20.7. The van der Waals surface area contributed by atoms with Crippen LogP contribution in [0.5, 0.6) is 0 Å². The molecule has 3 aromatic rings. The molecule has 5 heteroatoms. The smallest absolute Gasteiger partial charge is 0.184 e. The summed E-state index contributed by atoms with van der Waals surface area (Å²) in [4.78, 5) is 23.9. The number of benzene rings is 2. The maximum Gasteiger partial charge on any atom is 0.184 e. The lowest BCUT2D eigenvalue weighted by atomic mass is 9.75. The zero-order valence-corrected chi connectivity index (χ0v) is 17.2. The van der Waals surface area contributed by atoms with Crippen molar-refractivity contribution in [2.24, 2.45) is 4.99 Å². The summed E-state index contributed by atoms with van der Waals surface area (Å²) >= 11 is 0. The lowest BCUT2D eigenvalue weighted by molar-refractivity contribution is 0.1000. The Morgan fingerprint density at radius 3 is 2.70 bits per heavy atom. The fourth-order valence-corrected chi connectivity index (χ4v) is 4.60. The van der Waals surface area contributed by atoms with Crippen molar-refractivity contribution in [2.75, 3.05) is 26.0 Å². The maximum atomic E-state index is 12.5. The van der Waals surface area contributed by atoms with Crippen molar-refractivity contribution >= 4 is 17.2 Å².